The normalized spacial score (nSPS) is 23.4. The summed E-state index contributed by atoms with van der Waals surface area (Å²) in [5.41, 5.74) is 1.78. The fourth-order valence-corrected chi connectivity index (χ4v) is 2.56. The minimum Gasteiger partial charge on any atom is -0.397 e. The second kappa shape index (κ2) is 4.17. The molecule has 0 N–H and O–H groups in total. The van der Waals surface area contributed by atoms with Crippen LogP contribution in [-0.2, 0) is 9.63 Å². The highest BCUT2D eigenvalue weighted by Gasteiger charge is 2.42. The van der Waals surface area contributed by atoms with Crippen molar-refractivity contribution in [3.63, 3.8) is 0 Å². The minimum atomic E-state index is -0.258. The summed E-state index contributed by atoms with van der Waals surface area (Å²) >= 11 is 0. The first-order chi connectivity index (χ1) is 7.96. The van der Waals surface area contributed by atoms with Gasteiger partial charge in [-0.2, -0.15) is 0 Å². The molecule has 0 aromatic rings. The highest BCUT2D eigenvalue weighted by Crippen LogP contribution is 2.36. The van der Waals surface area contributed by atoms with Crippen molar-refractivity contribution in [1.82, 2.24) is 4.90 Å². The Balaban J connectivity index is 2.46. The molecule has 2 rings (SSSR count). The molecule has 4 heteroatoms. The largest absolute Gasteiger partial charge is 0.397 e. The number of oxime groups is 1. The lowest BCUT2D eigenvalue weighted by Crippen LogP contribution is -2.46. The Morgan fingerprint density at radius 1 is 1.18 bits per heavy atom. The summed E-state index contributed by atoms with van der Waals surface area (Å²) in [6, 6.07) is 0. The summed E-state index contributed by atoms with van der Waals surface area (Å²) in [6.07, 6.45) is 4.05. The monoisotopic (exact) mass is 236 g/mol. The summed E-state index contributed by atoms with van der Waals surface area (Å²) in [5.74, 6) is 0.836. The molecule has 1 aliphatic heterocycles. The summed E-state index contributed by atoms with van der Waals surface area (Å²) in [6.45, 7) is 6.07. The predicted octanol–water partition coefficient (Wildman–Crippen LogP) is 2.46. The van der Waals surface area contributed by atoms with Crippen LogP contribution in [0.3, 0.4) is 0 Å². The van der Waals surface area contributed by atoms with Crippen molar-refractivity contribution in [2.75, 3.05) is 7.11 Å². The number of carbonyl (C=O) groups excluding carboxylic acids is 1. The van der Waals surface area contributed by atoms with Crippen LogP contribution in [0.25, 0.3) is 0 Å². The number of hydrogen-bond donors (Lipinski definition) is 0. The van der Waals surface area contributed by atoms with Crippen LogP contribution in [0.15, 0.2) is 16.3 Å². The van der Waals surface area contributed by atoms with Gasteiger partial charge in [0.15, 0.2) is 5.84 Å². The van der Waals surface area contributed by atoms with Crippen molar-refractivity contribution < 1.29 is 9.63 Å². The number of nitrogens with zero attached hydrogens (tertiary/aromatic N) is 2. The van der Waals surface area contributed by atoms with Gasteiger partial charge in [-0.25, -0.2) is 0 Å². The summed E-state index contributed by atoms with van der Waals surface area (Å²) in [4.78, 5) is 19.1. The minimum absolute atomic E-state index is 0.114. The summed E-state index contributed by atoms with van der Waals surface area (Å²) < 4.78 is 0. The SMILES string of the molecule is CO/N=C1\C2=C(CCCC2)C(=O)N1C(C)(C)C. The number of amidine groups is 1. The van der Waals surface area contributed by atoms with Gasteiger partial charge >= 0.3 is 0 Å². The quantitative estimate of drug-likeness (QED) is 0.656. The predicted molar refractivity (Wildman–Crippen MR) is 66.5 cm³/mol. The van der Waals surface area contributed by atoms with Crippen molar-refractivity contribution in [3.8, 4) is 0 Å². The van der Waals surface area contributed by atoms with E-state index in [1.165, 1.54) is 7.11 Å². The highest BCUT2D eigenvalue weighted by molar-refractivity contribution is 6.21. The van der Waals surface area contributed by atoms with Crippen molar-refractivity contribution in [1.29, 1.82) is 0 Å². The first-order valence-electron chi connectivity index (χ1n) is 6.15. The topological polar surface area (TPSA) is 41.9 Å². The van der Waals surface area contributed by atoms with E-state index >= 15 is 0 Å². The van der Waals surface area contributed by atoms with Gasteiger partial charge in [-0.1, -0.05) is 5.16 Å². The molecule has 0 spiro atoms. The van der Waals surface area contributed by atoms with Crippen LogP contribution in [-0.4, -0.2) is 29.3 Å². The van der Waals surface area contributed by atoms with Crippen molar-refractivity contribution >= 4 is 11.7 Å². The standard InChI is InChI=1S/C13H20N2O2/c1-13(2,3)15-11(14-17-4)9-7-5-6-8-10(9)12(15)16/h5-8H2,1-4H3/b14-11+. The zero-order chi connectivity index (χ0) is 12.6. The van der Waals surface area contributed by atoms with Gasteiger partial charge in [0.2, 0.25) is 0 Å². The zero-order valence-corrected chi connectivity index (χ0v) is 11.0. The van der Waals surface area contributed by atoms with E-state index < -0.39 is 0 Å². The Morgan fingerprint density at radius 2 is 1.76 bits per heavy atom. The van der Waals surface area contributed by atoms with Crippen LogP contribution in [0.2, 0.25) is 0 Å². The van der Waals surface area contributed by atoms with Crippen LogP contribution >= 0.6 is 0 Å². The van der Waals surface area contributed by atoms with Gasteiger partial charge in [0.25, 0.3) is 5.91 Å². The molecule has 0 unspecified atom stereocenters. The van der Waals surface area contributed by atoms with Crippen LogP contribution in [0.5, 0.6) is 0 Å². The third kappa shape index (κ3) is 1.96. The highest BCUT2D eigenvalue weighted by atomic mass is 16.6. The van der Waals surface area contributed by atoms with Crippen LogP contribution < -0.4 is 0 Å². The molecule has 94 valence electrons. The summed E-state index contributed by atoms with van der Waals surface area (Å²) in [7, 11) is 1.53. The van der Waals surface area contributed by atoms with Crippen molar-refractivity contribution in [3.05, 3.63) is 11.1 Å². The van der Waals surface area contributed by atoms with Gasteiger partial charge in [0, 0.05) is 16.7 Å². The number of rotatable bonds is 1. The van der Waals surface area contributed by atoms with E-state index in [1.807, 2.05) is 20.8 Å². The lowest BCUT2D eigenvalue weighted by Gasteiger charge is -2.32. The molecule has 2 aliphatic rings. The van der Waals surface area contributed by atoms with Gasteiger partial charge < -0.3 is 4.84 Å². The molecule has 0 radical (unpaired) electrons. The second-order valence-electron chi connectivity index (χ2n) is 5.57. The molecule has 0 fully saturated rings. The lowest BCUT2D eigenvalue weighted by molar-refractivity contribution is -0.126. The Kier molecular flexibility index (Phi) is 2.98. The Labute approximate surface area is 102 Å². The fraction of sp³-hybridized carbons (Fsp3) is 0.692. The van der Waals surface area contributed by atoms with E-state index in [0.717, 1.165) is 42.7 Å². The van der Waals surface area contributed by atoms with E-state index in [4.69, 9.17) is 4.84 Å². The molecule has 0 aromatic heterocycles. The molecular formula is C13H20N2O2. The zero-order valence-electron chi connectivity index (χ0n) is 11.0. The van der Waals surface area contributed by atoms with Gasteiger partial charge in [0.05, 0.1) is 0 Å². The molecule has 1 amide bonds. The van der Waals surface area contributed by atoms with Crippen molar-refractivity contribution in [2.24, 2.45) is 5.16 Å². The maximum absolute atomic E-state index is 12.4. The third-order valence-electron chi connectivity index (χ3n) is 3.26. The molecule has 17 heavy (non-hydrogen) atoms. The van der Waals surface area contributed by atoms with E-state index in [1.54, 1.807) is 4.90 Å². The molecular weight excluding hydrogens is 216 g/mol. The van der Waals surface area contributed by atoms with Crippen LogP contribution in [0.1, 0.15) is 46.5 Å². The van der Waals surface area contributed by atoms with E-state index in [-0.39, 0.29) is 11.4 Å². The van der Waals surface area contributed by atoms with Crippen molar-refractivity contribution in [2.45, 2.75) is 52.0 Å². The first kappa shape index (κ1) is 12.1. The Morgan fingerprint density at radius 3 is 2.29 bits per heavy atom. The van der Waals surface area contributed by atoms with E-state index in [0.29, 0.717) is 0 Å². The fourth-order valence-electron chi connectivity index (χ4n) is 2.56. The first-order valence-corrected chi connectivity index (χ1v) is 6.15. The molecule has 0 aromatic carbocycles. The van der Waals surface area contributed by atoms with Crippen LogP contribution in [0, 0.1) is 0 Å². The molecule has 1 aliphatic carbocycles. The van der Waals surface area contributed by atoms with E-state index in [2.05, 4.69) is 5.16 Å². The maximum Gasteiger partial charge on any atom is 0.256 e. The van der Waals surface area contributed by atoms with Gasteiger partial charge in [-0.3, -0.25) is 9.69 Å². The van der Waals surface area contributed by atoms with E-state index in [9.17, 15) is 4.79 Å². The molecule has 0 saturated carbocycles. The average molecular weight is 236 g/mol. The average Bonchev–Trinajstić information content (AvgIpc) is 2.53. The molecule has 0 saturated heterocycles. The maximum atomic E-state index is 12.4. The van der Waals surface area contributed by atoms with Gasteiger partial charge in [-0.15, -0.1) is 0 Å². The second-order valence-corrected chi connectivity index (χ2v) is 5.57. The molecule has 4 nitrogen and oxygen atoms in total. The molecule has 1 heterocycles. The smallest absolute Gasteiger partial charge is 0.256 e. The Hall–Kier alpha value is -1.32. The Bertz CT molecular complexity index is 402. The number of hydrogen-bond acceptors (Lipinski definition) is 3. The lowest BCUT2D eigenvalue weighted by atomic mass is 9.93. The van der Waals surface area contributed by atoms with Gasteiger partial charge in [-0.05, 0) is 46.5 Å². The summed E-state index contributed by atoms with van der Waals surface area (Å²) in [5, 5.41) is 4.07. The molecule has 0 bridgehead atoms. The molecule has 0 atom stereocenters. The van der Waals surface area contributed by atoms with Gasteiger partial charge in [0.1, 0.15) is 7.11 Å². The third-order valence-corrected chi connectivity index (χ3v) is 3.26. The number of carbonyl (C=O) groups is 1. The number of amides is 1. The van der Waals surface area contributed by atoms with Crippen LogP contribution in [0.4, 0.5) is 0 Å².